The van der Waals surface area contributed by atoms with Crippen LogP contribution in [0.3, 0.4) is 0 Å². The fraction of sp³-hybridized carbons (Fsp3) is 0.714. The van der Waals surface area contributed by atoms with Gasteiger partial charge in [0, 0.05) is 24.0 Å². The number of aliphatic imine (C=N–C) groups is 1. The van der Waals surface area contributed by atoms with Crippen LogP contribution in [0.5, 0.6) is 0 Å². The summed E-state index contributed by atoms with van der Waals surface area (Å²) in [6.07, 6.45) is 8.62. The van der Waals surface area contributed by atoms with Gasteiger partial charge < -0.3 is 19.3 Å². The van der Waals surface area contributed by atoms with Gasteiger partial charge in [-0.05, 0) is 81.6 Å². The summed E-state index contributed by atoms with van der Waals surface area (Å²) in [6, 6.07) is 8.71. The number of halogens is 1. The van der Waals surface area contributed by atoms with Crippen LogP contribution in [0.15, 0.2) is 29.3 Å². The van der Waals surface area contributed by atoms with Gasteiger partial charge in [0.25, 0.3) is 0 Å². The Kier molecular flexibility index (Phi) is 9.88. The maximum absolute atomic E-state index is 12.3. The van der Waals surface area contributed by atoms with E-state index in [2.05, 4.69) is 56.8 Å². The van der Waals surface area contributed by atoms with Crippen molar-refractivity contribution in [3.8, 4) is 0 Å². The van der Waals surface area contributed by atoms with E-state index in [0.717, 1.165) is 50.1 Å². The summed E-state index contributed by atoms with van der Waals surface area (Å²) >= 11 is 6.16. The van der Waals surface area contributed by atoms with Crippen LogP contribution in [0.25, 0.3) is 0 Å². The summed E-state index contributed by atoms with van der Waals surface area (Å²) in [6.45, 7) is 7.46. The van der Waals surface area contributed by atoms with Crippen LogP contribution in [-0.4, -0.2) is 61.8 Å². The molecule has 0 aromatic heterocycles. The molecular weight excluding hydrogens is 462 g/mol. The van der Waals surface area contributed by atoms with E-state index in [1.807, 2.05) is 18.5 Å². The van der Waals surface area contributed by atoms with E-state index in [1.165, 1.54) is 12.7 Å². The number of benzene rings is 1. The van der Waals surface area contributed by atoms with Gasteiger partial charge in [0.1, 0.15) is 0 Å². The molecule has 6 nitrogen and oxygen atoms in total. The summed E-state index contributed by atoms with van der Waals surface area (Å²) < 4.78 is 10.9. The fourth-order valence-corrected chi connectivity index (χ4v) is 6.38. The average molecular weight is 506 g/mol. The molecule has 3 rings (SSSR count). The standard InChI is InChI=1S/C28H44ClN3O3/c1-7-8-17-32-19-30-28(18-20(2)3,35-27(33)34-6)26(32)23-11-9-21(10-12-23)25(31(4)5)22-13-15-24(29)16-14-22/h13-16,19-21,23,25-26H,7-12,17-18H2,1-6H3. The van der Waals surface area contributed by atoms with Crippen molar-refractivity contribution in [2.45, 2.75) is 83.5 Å². The van der Waals surface area contributed by atoms with Crippen LogP contribution in [0.4, 0.5) is 4.79 Å². The monoisotopic (exact) mass is 505 g/mol. The second-order valence-electron chi connectivity index (χ2n) is 10.9. The molecular formula is C28H44ClN3O3. The molecule has 35 heavy (non-hydrogen) atoms. The largest absolute Gasteiger partial charge is 0.510 e. The zero-order valence-corrected chi connectivity index (χ0v) is 23.1. The maximum atomic E-state index is 12.3. The van der Waals surface area contributed by atoms with Gasteiger partial charge in [0.2, 0.25) is 5.72 Å². The van der Waals surface area contributed by atoms with Gasteiger partial charge >= 0.3 is 6.16 Å². The Balaban J connectivity index is 1.82. The molecule has 0 spiro atoms. The lowest BCUT2D eigenvalue weighted by Gasteiger charge is -2.45. The first-order chi connectivity index (χ1) is 16.7. The van der Waals surface area contributed by atoms with E-state index in [-0.39, 0.29) is 6.04 Å². The number of carbonyl (C=O) groups is 1. The molecule has 0 N–H and O–H groups in total. The third-order valence-corrected chi connectivity index (χ3v) is 7.87. The zero-order valence-electron chi connectivity index (χ0n) is 22.4. The molecule has 0 amide bonds. The lowest BCUT2D eigenvalue weighted by atomic mass is 9.71. The predicted molar refractivity (Wildman–Crippen MR) is 143 cm³/mol. The topological polar surface area (TPSA) is 54.4 Å². The highest BCUT2D eigenvalue weighted by atomic mass is 35.5. The quantitative estimate of drug-likeness (QED) is 0.328. The molecule has 0 bridgehead atoms. The number of unbranched alkanes of at least 4 members (excludes halogenated alkanes) is 1. The maximum Gasteiger partial charge on any atom is 0.510 e. The lowest BCUT2D eigenvalue weighted by molar-refractivity contribution is -0.0816. The summed E-state index contributed by atoms with van der Waals surface area (Å²) in [5, 5.41) is 0.774. The summed E-state index contributed by atoms with van der Waals surface area (Å²) in [5.74, 6) is 1.31. The Labute approximate surface area is 217 Å². The van der Waals surface area contributed by atoms with E-state index in [4.69, 9.17) is 26.1 Å². The lowest BCUT2D eigenvalue weighted by Crippen LogP contribution is -2.54. The predicted octanol–water partition coefficient (Wildman–Crippen LogP) is 6.79. The molecule has 7 heteroatoms. The molecule has 2 aliphatic rings. The van der Waals surface area contributed by atoms with Crippen molar-refractivity contribution >= 4 is 24.1 Å². The molecule has 196 valence electrons. The summed E-state index contributed by atoms with van der Waals surface area (Å²) in [7, 11) is 5.71. The summed E-state index contributed by atoms with van der Waals surface area (Å²) in [4.78, 5) is 21.9. The van der Waals surface area contributed by atoms with Gasteiger partial charge in [0.05, 0.1) is 19.5 Å². The van der Waals surface area contributed by atoms with Gasteiger partial charge in [-0.2, -0.15) is 0 Å². The van der Waals surface area contributed by atoms with E-state index in [1.54, 1.807) is 0 Å². The highest BCUT2D eigenvalue weighted by Crippen LogP contribution is 2.46. The first-order valence-electron chi connectivity index (χ1n) is 13.2. The van der Waals surface area contributed by atoms with E-state index < -0.39 is 11.9 Å². The number of carbonyl (C=O) groups excluding carboxylic acids is 1. The Morgan fingerprint density at radius 1 is 1.20 bits per heavy atom. The minimum Gasteiger partial charge on any atom is -0.438 e. The van der Waals surface area contributed by atoms with Crippen molar-refractivity contribution in [1.29, 1.82) is 0 Å². The van der Waals surface area contributed by atoms with Crippen LogP contribution in [-0.2, 0) is 9.47 Å². The Morgan fingerprint density at radius 3 is 2.40 bits per heavy atom. The van der Waals surface area contributed by atoms with Crippen molar-refractivity contribution in [1.82, 2.24) is 9.80 Å². The number of rotatable bonds is 10. The van der Waals surface area contributed by atoms with Crippen LogP contribution in [0.1, 0.15) is 77.3 Å². The molecule has 1 aromatic rings. The molecule has 0 saturated heterocycles. The zero-order chi connectivity index (χ0) is 25.6. The first-order valence-corrected chi connectivity index (χ1v) is 13.6. The van der Waals surface area contributed by atoms with Crippen molar-refractivity contribution in [3.63, 3.8) is 0 Å². The van der Waals surface area contributed by atoms with Gasteiger partial charge in [-0.15, -0.1) is 0 Å². The minimum atomic E-state index is -0.885. The average Bonchev–Trinajstić information content (AvgIpc) is 3.15. The second kappa shape index (κ2) is 12.4. The van der Waals surface area contributed by atoms with E-state index in [0.29, 0.717) is 30.2 Å². The van der Waals surface area contributed by atoms with Crippen molar-refractivity contribution < 1.29 is 14.3 Å². The molecule has 1 heterocycles. The number of nitrogens with zero attached hydrogens (tertiary/aromatic N) is 3. The van der Waals surface area contributed by atoms with Crippen LogP contribution < -0.4 is 0 Å². The van der Waals surface area contributed by atoms with Crippen molar-refractivity contribution in [2.24, 2.45) is 22.7 Å². The van der Waals surface area contributed by atoms with Crippen LogP contribution >= 0.6 is 11.6 Å². The molecule has 0 radical (unpaired) electrons. The number of hydrogen-bond donors (Lipinski definition) is 0. The number of methoxy groups -OCH3 is 1. The molecule has 3 atom stereocenters. The minimum absolute atomic E-state index is 0.0461. The third kappa shape index (κ3) is 6.71. The second-order valence-corrected chi connectivity index (χ2v) is 11.4. The number of hydrogen-bond acceptors (Lipinski definition) is 6. The van der Waals surface area contributed by atoms with Crippen LogP contribution in [0.2, 0.25) is 5.02 Å². The highest BCUT2D eigenvalue weighted by Gasteiger charge is 2.53. The molecule has 1 aromatic carbocycles. The molecule has 3 unspecified atom stereocenters. The van der Waals surface area contributed by atoms with Gasteiger partial charge in [0.15, 0.2) is 0 Å². The molecule has 1 aliphatic carbocycles. The Hall–Kier alpha value is -1.79. The first kappa shape index (κ1) is 27.8. The van der Waals surface area contributed by atoms with Crippen LogP contribution in [0, 0.1) is 17.8 Å². The fourth-order valence-electron chi connectivity index (χ4n) is 6.26. The van der Waals surface area contributed by atoms with Crippen molar-refractivity contribution in [2.75, 3.05) is 27.7 Å². The van der Waals surface area contributed by atoms with Gasteiger partial charge in [-0.1, -0.05) is 50.9 Å². The smallest absolute Gasteiger partial charge is 0.438 e. The Morgan fingerprint density at radius 2 is 1.86 bits per heavy atom. The van der Waals surface area contributed by atoms with E-state index in [9.17, 15) is 4.79 Å². The SMILES string of the molecule is CCCCN1C=NC(CC(C)C)(OC(=O)OC)C1C1CCC(C(c2ccc(Cl)cc2)N(C)C)CC1. The third-order valence-electron chi connectivity index (χ3n) is 7.62. The highest BCUT2D eigenvalue weighted by molar-refractivity contribution is 6.30. The molecule has 1 saturated carbocycles. The Bertz CT molecular complexity index is 836. The number of ether oxygens (including phenoxy) is 2. The summed E-state index contributed by atoms with van der Waals surface area (Å²) in [5.41, 5.74) is 0.434. The molecule has 1 aliphatic heterocycles. The van der Waals surface area contributed by atoms with Gasteiger partial charge in [-0.3, -0.25) is 0 Å². The van der Waals surface area contributed by atoms with Gasteiger partial charge in [-0.25, -0.2) is 9.79 Å². The van der Waals surface area contributed by atoms with Crippen molar-refractivity contribution in [3.05, 3.63) is 34.9 Å². The normalized spacial score (nSPS) is 27.5. The van der Waals surface area contributed by atoms with E-state index >= 15 is 0 Å². The molecule has 1 fully saturated rings.